The third-order valence-corrected chi connectivity index (χ3v) is 0.437. The molecule has 0 aliphatic heterocycles. The Morgan fingerprint density at radius 3 is 2.25 bits per heavy atom. The van der Waals surface area contributed by atoms with Crippen LogP contribution in [-0.4, -0.2) is 12.8 Å². The molecule has 0 fully saturated rings. The molecule has 0 radical (unpaired) electrons. The van der Waals surface area contributed by atoms with Crippen molar-refractivity contribution in [3.05, 3.63) is 5.21 Å². The molecule has 48 valence electrons. The Kier molecular flexibility index (Phi) is 3.14. The molecule has 4 heteroatoms. The first-order valence-electron chi connectivity index (χ1n) is 2.40. The molecule has 0 heterocycles. The molecular weight excluding hydrogens is 106 g/mol. The van der Waals surface area contributed by atoms with Crippen LogP contribution in [0.5, 0.6) is 0 Å². The van der Waals surface area contributed by atoms with E-state index in [1.807, 2.05) is 13.8 Å². The van der Waals surface area contributed by atoms with E-state index in [-0.39, 0.29) is 5.17 Å². The highest BCUT2D eigenvalue weighted by atomic mass is 16.5. The Balaban J connectivity index is 3.29. The van der Waals surface area contributed by atoms with Gasteiger partial charge in [-0.25, -0.2) is 0 Å². The summed E-state index contributed by atoms with van der Waals surface area (Å²) in [6.45, 7) is 3.63. The highest BCUT2D eigenvalue weighted by Gasteiger charge is 1.77. The summed E-state index contributed by atoms with van der Waals surface area (Å²) in [5.41, 5.74) is 3.14. The second-order valence-corrected chi connectivity index (χ2v) is 1.73. The molecule has 0 aliphatic carbocycles. The van der Waals surface area contributed by atoms with Gasteiger partial charge in [-0.05, 0) is 13.8 Å². The highest BCUT2D eigenvalue weighted by Crippen LogP contribution is 1.62. The average molecular weight is 117 g/mol. The summed E-state index contributed by atoms with van der Waals surface area (Å²) < 4.78 is 0. The first-order valence-corrected chi connectivity index (χ1v) is 2.40. The summed E-state index contributed by atoms with van der Waals surface area (Å²) in [6.07, 6.45) is 0. The second kappa shape index (κ2) is 3.40. The zero-order valence-corrected chi connectivity index (χ0v) is 5.36. The summed E-state index contributed by atoms with van der Waals surface area (Å²) in [5, 5.41) is 13.6. The van der Waals surface area contributed by atoms with Crippen LogP contribution in [0.3, 0.4) is 0 Å². The molecule has 0 saturated heterocycles. The molecule has 0 spiro atoms. The Morgan fingerprint density at radius 1 is 1.62 bits per heavy atom. The minimum atomic E-state index is -0.133. The van der Waals surface area contributed by atoms with E-state index in [4.69, 9.17) is 0 Å². The third kappa shape index (κ3) is 5.39. The van der Waals surface area contributed by atoms with Crippen LogP contribution in [0.25, 0.3) is 0 Å². The lowest BCUT2D eigenvalue weighted by Crippen LogP contribution is -3.10. The lowest BCUT2D eigenvalue weighted by molar-refractivity contribution is -0.876. The molecule has 0 aromatic heterocycles. The van der Waals surface area contributed by atoms with E-state index in [9.17, 15) is 5.21 Å². The Labute approximate surface area is 48.7 Å². The van der Waals surface area contributed by atoms with Gasteiger partial charge in [-0.3, -0.25) is 5.17 Å². The van der Waals surface area contributed by atoms with Gasteiger partial charge in [0.15, 0.2) is 0 Å². The number of quaternary nitrogens is 1. The van der Waals surface area contributed by atoms with Crippen LogP contribution in [0.15, 0.2) is 5.10 Å². The fraction of sp³-hybridized carbons (Fsp3) is 0.750. The van der Waals surface area contributed by atoms with Gasteiger partial charge in [0.1, 0.15) is 0 Å². The molecule has 8 heavy (non-hydrogen) atoms. The van der Waals surface area contributed by atoms with Gasteiger partial charge in [0, 0.05) is 5.71 Å². The van der Waals surface area contributed by atoms with E-state index in [0.717, 1.165) is 5.71 Å². The number of rotatable bonds is 2. The Bertz CT molecular complexity index is 85.3. The van der Waals surface area contributed by atoms with Crippen LogP contribution in [0.1, 0.15) is 13.8 Å². The number of nitrogens with one attached hydrogen (secondary N) is 2. The predicted molar refractivity (Wildman–Crippen MR) is 32.2 cm³/mol. The molecule has 0 aliphatic rings. The van der Waals surface area contributed by atoms with E-state index in [1.54, 1.807) is 0 Å². The first-order chi connectivity index (χ1) is 3.63. The van der Waals surface area contributed by atoms with E-state index in [1.165, 1.54) is 7.05 Å². The fourth-order valence-corrected chi connectivity index (χ4v) is 0.191. The first kappa shape index (κ1) is 7.39. The minimum absolute atomic E-state index is 0.133. The van der Waals surface area contributed by atoms with Crippen molar-refractivity contribution in [2.24, 2.45) is 5.10 Å². The Hall–Kier alpha value is -0.610. The summed E-state index contributed by atoms with van der Waals surface area (Å²) in [5.74, 6) is 0. The standard InChI is InChI=1S/C4H11N3O/c1-4(2)5-6-7(3)8/h6-7H,1-3H3. The predicted octanol–water partition coefficient (Wildman–Crippen LogP) is -1.10. The molecule has 1 atom stereocenters. The van der Waals surface area contributed by atoms with Gasteiger partial charge in [0.05, 0.1) is 7.05 Å². The number of hydroxylamine groups is 1. The van der Waals surface area contributed by atoms with Crippen molar-refractivity contribution < 1.29 is 5.17 Å². The fourth-order valence-electron chi connectivity index (χ4n) is 0.191. The van der Waals surface area contributed by atoms with Crippen molar-refractivity contribution >= 4 is 5.71 Å². The van der Waals surface area contributed by atoms with Crippen LogP contribution >= 0.6 is 0 Å². The molecule has 0 rings (SSSR count). The maximum Gasteiger partial charge on any atom is 0.0900 e. The van der Waals surface area contributed by atoms with Crippen molar-refractivity contribution in [1.29, 1.82) is 0 Å². The van der Waals surface area contributed by atoms with Crippen molar-refractivity contribution in [3.8, 4) is 0 Å². The highest BCUT2D eigenvalue weighted by molar-refractivity contribution is 5.78. The lowest BCUT2D eigenvalue weighted by atomic mass is 10.5. The molecule has 0 saturated carbocycles. The zero-order valence-electron chi connectivity index (χ0n) is 5.36. The maximum absolute atomic E-state index is 10.1. The minimum Gasteiger partial charge on any atom is -0.607 e. The summed E-state index contributed by atoms with van der Waals surface area (Å²) in [6, 6.07) is 0. The van der Waals surface area contributed by atoms with Crippen molar-refractivity contribution in [2.45, 2.75) is 13.8 Å². The molecule has 0 aromatic carbocycles. The number of hydrazone groups is 1. The SMILES string of the molecule is CC(C)=NN[NH+](C)[O-]. The van der Waals surface area contributed by atoms with Gasteiger partial charge in [-0.15, -0.1) is 5.10 Å². The van der Waals surface area contributed by atoms with Gasteiger partial charge >= 0.3 is 0 Å². The van der Waals surface area contributed by atoms with Gasteiger partial charge < -0.3 is 5.21 Å². The molecule has 2 N–H and O–H groups in total. The van der Waals surface area contributed by atoms with Crippen LogP contribution in [-0.2, 0) is 0 Å². The summed E-state index contributed by atoms with van der Waals surface area (Å²) in [4.78, 5) is 0. The third-order valence-electron chi connectivity index (χ3n) is 0.437. The van der Waals surface area contributed by atoms with Crippen LogP contribution in [0, 0.1) is 5.21 Å². The van der Waals surface area contributed by atoms with Crippen molar-refractivity contribution in [2.75, 3.05) is 7.05 Å². The number of hydrogen-bond acceptors (Lipinski definition) is 3. The van der Waals surface area contributed by atoms with Gasteiger partial charge in [-0.1, -0.05) is 0 Å². The zero-order chi connectivity index (χ0) is 6.57. The quantitative estimate of drug-likeness (QED) is 0.356. The monoisotopic (exact) mass is 117 g/mol. The molecule has 4 nitrogen and oxygen atoms in total. The second-order valence-electron chi connectivity index (χ2n) is 1.73. The molecular formula is C4H11N3O. The van der Waals surface area contributed by atoms with Crippen molar-refractivity contribution in [1.82, 2.24) is 5.53 Å². The summed E-state index contributed by atoms with van der Waals surface area (Å²) in [7, 11) is 1.42. The van der Waals surface area contributed by atoms with Crippen LogP contribution < -0.4 is 10.7 Å². The topological polar surface area (TPSA) is 51.9 Å². The van der Waals surface area contributed by atoms with E-state index >= 15 is 0 Å². The molecule has 0 amide bonds. The molecule has 0 aromatic rings. The van der Waals surface area contributed by atoms with Gasteiger partial charge in [0.25, 0.3) is 0 Å². The van der Waals surface area contributed by atoms with Crippen LogP contribution in [0.2, 0.25) is 0 Å². The van der Waals surface area contributed by atoms with Crippen molar-refractivity contribution in [3.63, 3.8) is 0 Å². The van der Waals surface area contributed by atoms with Gasteiger partial charge in [-0.2, -0.15) is 5.53 Å². The Morgan fingerprint density at radius 2 is 2.12 bits per heavy atom. The largest absolute Gasteiger partial charge is 0.607 e. The normalized spacial score (nSPS) is 12.5. The number of nitrogens with zero attached hydrogens (tertiary/aromatic N) is 1. The average Bonchev–Trinajstić information content (AvgIpc) is 1.61. The van der Waals surface area contributed by atoms with Gasteiger partial charge in [0.2, 0.25) is 0 Å². The lowest BCUT2D eigenvalue weighted by Gasteiger charge is -2.12. The smallest absolute Gasteiger partial charge is 0.0900 e. The number of hydrogen-bond donors (Lipinski definition) is 2. The summed E-state index contributed by atoms with van der Waals surface area (Å²) >= 11 is 0. The van der Waals surface area contributed by atoms with E-state index in [0.29, 0.717) is 0 Å². The van der Waals surface area contributed by atoms with E-state index < -0.39 is 0 Å². The maximum atomic E-state index is 10.1. The van der Waals surface area contributed by atoms with E-state index in [2.05, 4.69) is 10.6 Å². The van der Waals surface area contributed by atoms with Crippen LogP contribution in [0.4, 0.5) is 0 Å². The molecule has 1 unspecified atom stereocenters. The molecule has 0 bridgehead atoms.